The van der Waals surface area contributed by atoms with E-state index in [-0.39, 0.29) is 5.82 Å². The van der Waals surface area contributed by atoms with Crippen LogP contribution < -0.4 is 21.3 Å². The second-order valence-electron chi connectivity index (χ2n) is 8.37. The lowest BCUT2D eigenvalue weighted by Gasteiger charge is -2.21. The normalized spacial score (nSPS) is 11.4. The number of aryl methyl sites for hydroxylation is 1. The average molecular weight is 447 g/mol. The zero-order valence-electron chi connectivity index (χ0n) is 19.4. The van der Waals surface area contributed by atoms with Crippen molar-refractivity contribution in [1.29, 1.82) is 0 Å². The predicted molar refractivity (Wildman–Crippen MR) is 123 cm³/mol. The minimum atomic E-state index is -1.34. The van der Waals surface area contributed by atoms with Crippen molar-refractivity contribution >= 4 is 11.8 Å². The van der Waals surface area contributed by atoms with E-state index < -0.39 is 22.8 Å². The minimum absolute atomic E-state index is 0.139. The minimum Gasteiger partial charge on any atom is -0.478 e. The van der Waals surface area contributed by atoms with Crippen molar-refractivity contribution in [2.75, 3.05) is 11.9 Å². The van der Waals surface area contributed by atoms with Crippen LogP contribution in [0.15, 0.2) is 33.9 Å². The fourth-order valence-electron chi connectivity index (χ4n) is 3.17. The molecule has 0 saturated carbocycles. The van der Waals surface area contributed by atoms with Gasteiger partial charge in [-0.2, -0.15) is 0 Å². The van der Waals surface area contributed by atoms with Gasteiger partial charge in [-0.25, -0.2) is 14.3 Å². The molecule has 0 saturated heterocycles. The van der Waals surface area contributed by atoms with Crippen molar-refractivity contribution in [2.45, 2.75) is 71.4 Å². The van der Waals surface area contributed by atoms with Gasteiger partial charge < -0.3 is 15.2 Å². The lowest BCUT2D eigenvalue weighted by Crippen LogP contribution is -2.41. The number of ether oxygens (including phenoxy) is 1. The number of aromatic nitrogens is 3. The Morgan fingerprint density at radius 2 is 1.91 bits per heavy atom. The fraction of sp³-hybridized carbons (Fsp3) is 0.565. The van der Waals surface area contributed by atoms with Crippen molar-refractivity contribution in [3.8, 4) is 5.75 Å². The third-order valence-corrected chi connectivity index (χ3v) is 5.20. The van der Waals surface area contributed by atoms with E-state index in [0.717, 1.165) is 35.8 Å². The van der Waals surface area contributed by atoms with Crippen molar-refractivity contribution in [3.05, 3.63) is 50.7 Å². The van der Waals surface area contributed by atoms with E-state index >= 15 is 0 Å². The summed E-state index contributed by atoms with van der Waals surface area (Å²) in [4.78, 5) is 36.0. The first kappa shape index (κ1) is 25.2. The largest absolute Gasteiger partial charge is 0.478 e. The number of benzene rings is 1. The number of hydrogen-bond donors (Lipinski definition) is 2. The quantitative estimate of drug-likeness (QED) is 0.455. The molecule has 1 aromatic carbocycles. The fourth-order valence-corrected chi connectivity index (χ4v) is 3.17. The van der Waals surface area contributed by atoms with Crippen molar-refractivity contribution in [1.82, 2.24) is 14.3 Å². The van der Waals surface area contributed by atoms with E-state index in [1.165, 1.54) is 32.0 Å². The zero-order chi connectivity index (χ0) is 23.7. The first-order valence-corrected chi connectivity index (χ1v) is 11.1. The maximum atomic E-state index is 12.4. The van der Waals surface area contributed by atoms with Gasteiger partial charge in [-0.1, -0.05) is 44.7 Å². The summed E-state index contributed by atoms with van der Waals surface area (Å²) in [5.74, 6) is -0.451. The number of nitrogens with one attached hydrogen (secondary N) is 1. The molecule has 0 atom stereocenters. The van der Waals surface area contributed by atoms with Crippen LogP contribution in [-0.2, 0) is 24.8 Å². The van der Waals surface area contributed by atoms with Crippen molar-refractivity contribution in [3.63, 3.8) is 0 Å². The van der Waals surface area contributed by atoms with Gasteiger partial charge in [-0.3, -0.25) is 9.36 Å². The molecule has 9 nitrogen and oxygen atoms in total. The summed E-state index contributed by atoms with van der Waals surface area (Å²) < 4.78 is 7.99. The molecule has 176 valence electrons. The molecule has 2 N–H and O–H groups in total. The van der Waals surface area contributed by atoms with Crippen molar-refractivity contribution < 1.29 is 14.6 Å². The number of unbranched alkanes of at least 4 members (excludes halogenated alkanes) is 4. The SMILES string of the molecule is CCCCCCCn1nc(NCCc2cccc(OC(C)(C)C(=O)O)c2)c(=O)n(C)c1=O. The Morgan fingerprint density at radius 3 is 2.59 bits per heavy atom. The summed E-state index contributed by atoms with van der Waals surface area (Å²) in [5, 5.41) is 16.5. The second kappa shape index (κ2) is 11.5. The molecule has 0 spiro atoms. The number of rotatable bonds is 13. The van der Waals surface area contributed by atoms with Crippen LogP contribution >= 0.6 is 0 Å². The highest BCUT2D eigenvalue weighted by atomic mass is 16.5. The average Bonchev–Trinajstić information content (AvgIpc) is 2.74. The third kappa shape index (κ3) is 6.96. The van der Waals surface area contributed by atoms with Crippen molar-refractivity contribution in [2.24, 2.45) is 7.05 Å². The lowest BCUT2D eigenvalue weighted by molar-refractivity contribution is -0.152. The highest BCUT2D eigenvalue weighted by Crippen LogP contribution is 2.20. The van der Waals surface area contributed by atoms with Crippen LogP contribution in [0.25, 0.3) is 0 Å². The molecule has 0 aliphatic carbocycles. The zero-order valence-corrected chi connectivity index (χ0v) is 19.4. The third-order valence-electron chi connectivity index (χ3n) is 5.20. The molecule has 1 aromatic heterocycles. The molecular weight excluding hydrogens is 412 g/mol. The maximum Gasteiger partial charge on any atom is 0.347 e. The van der Waals surface area contributed by atoms with E-state index in [0.29, 0.717) is 25.3 Å². The summed E-state index contributed by atoms with van der Waals surface area (Å²) >= 11 is 0. The molecule has 0 radical (unpaired) electrons. The van der Waals surface area contributed by atoms with E-state index in [1.807, 2.05) is 6.07 Å². The van der Waals surface area contributed by atoms with Gasteiger partial charge in [0.1, 0.15) is 5.75 Å². The summed E-state index contributed by atoms with van der Waals surface area (Å²) in [6.07, 6.45) is 5.86. The predicted octanol–water partition coefficient (Wildman–Crippen LogP) is 2.81. The Kier molecular flexibility index (Phi) is 9.04. The number of carboxylic acid groups (broad SMARTS) is 1. The molecule has 9 heteroatoms. The van der Waals surface area contributed by atoms with Gasteiger partial charge in [0.2, 0.25) is 5.82 Å². The highest BCUT2D eigenvalue weighted by Gasteiger charge is 2.29. The second-order valence-corrected chi connectivity index (χ2v) is 8.37. The molecule has 2 rings (SSSR count). The van der Waals surface area contributed by atoms with Gasteiger partial charge in [0.15, 0.2) is 5.60 Å². The first-order valence-electron chi connectivity index (χ1n) is 11.1. The summed E-state index contributed by atoms with van der Waals surface area (Å²) in [5.41, 5.74) is -1.30. The molecular formula is C23H34N4O5. The van der Waals surface area contributed by atoms with Crippen LogP contribution in [0.5, 0.6) is 5.75 Å². The number of carboxylic acids is 1. The Labute approximate surface area is 188 Å². The van der Waals surface area contributed by atoms with E-state index in [1.54, 1.807) is 18.2 Å². The van der Waals surface area contributed by atoms with Crippen LogP contribution in [0, 0.1) is 0 Å². The lowest BCUT2D eigenvalue weighted by atomic mass is 10.1. The number of anilines is 1. The molecule has 0 amide bonds. The van der Waals surface area contributed by atoms with Crippen LogP contribution in [0.1, 0.15) is 58.4 Å². The van der Waals surface area contributed by atoms with Gasteiger partial charge in [0.05, 0.1) is 0 Å². The Bertz CT molecular complexity index is 1030. The van der Waals surface area contributed by atoms with Crippen LogP contribution in [0.2, 0.25) is 0 Å². The van der Waals surface area contributed by atoms with Gasteiger partial charge >= 0.3 is 11.7 Å². The number of hydrogen-bond acceptors (Lipinski definition) is 6. The standard InChI is InChI=1S/C23H34N4O5/c1-5-6-7-8-9-15-27-22(31)26(4)20(28)19(25-27)24-14-13-17-11-10-12-18(16-17)32-23(2,3)21(29)30/h10-12,16H,5-9,13-15H2,1-4H3,(H,24,25)(H,29,30). The molecule has 0 aliphatic rings. The van der Waals surface area contributed by atoms with E-state index in [9.17, 15) is 19.5 Å². The number of carbonyl (C=O) groups is 1. The Morgan fingerprint density at radius 1 is 1.19 bits per heavy atom. The molecule has 0 unspecified atom stereocenters. The van der Waals surface area contributed by atoms with E-state index in [2.05, 4.69) is 17.3 Å². The smallest absolute Gasteiger partial charge is 0.347 e. The van der Waals surface area contributed by atoms with Crippen LogP contribution in [-0.4, -0.2) is 37.6 Å². The molecule has 2 aromatic rings. The Balaban J connectivity index is 2.02. The summed E-state index contributed by atoms with van der Waals surface area (Å²) in [6, 6.07) is 7.16. The molecule has 0 fully saturated rings. The first-order chi connectivity index (χ1) is 15.2. The van der Waals surface area contributed by atoms with Crippen LogP contribution in [0.4, 0.5) is 5.82 Å². The van der Waals surface area contributed by atoms with Gasteiger partial charge in [0.25, 0.3) is 5.56 Å². The van der Waals surface area contributed by atoms with Gasteiger partial charge in [-0.05, 0) is 44.4 Å². The maximum absolute atomic E-state index is 12.4. The van der Waals surface area contributed by atoms with Gasteiger partial charge in [-0.15, -0.1) is 5.10 Å². The monoisotopic (exact) mass is 446 g/mol. The summed E-state index contributed by atoms with van der Waals surface area (Å²) in [6.45, 7) is 6.03. The summed E-state index contributed by atoms with van der Waals surface area (Å²) in [7, 11) is 1.45. The molecule has 1 heterocycles. The highest BCUT2D eigenvalue weighted by molar-refractivity contribution is 5.76. The number of nitrogens with zero attached hydrogens (tertiary/aromatic N) is 3. The molecule has 0 aliphatic heterocycles. The van der Waals surface area contributed by atoms with Crippen LogP contribution in [0.3, 0.4) is 0 Å². The molecule has 0 bridgehead atoms. The molecule has 32 heavy (non-hydrogen) atoms. The van der Waals surface area contributed by atoms with E-state index in [4.69, 9.17) is 4.74 Å². The van der Waals surface area contributed by atoms with Gasteiger partial charge in [0, 0.05) is 20.1 Å². The number of aliphatic carboxylic acids is 1. The Hall–Kier alpha value is -3.10. The topological polar surface area (TPSA) is 115 Å².